The maximum atomic E-state index is 11.6. The fourth-order valence-electron chi connectivity index (χ4n) is 6.22. The van der Waals surface area contributed by atoms with E-state index < -0.39 is 7.82 Å². The Hall–Kier alpha value is 0.360. The number of nitrogens with zero attached hydrogens (tertiary/aromatic N) is 1. The molecule has 0 saturated carbocycles. The fourth-order valence-corrected chi connectivity index (χ4v) is 7.01. The molecule has 0 aliphatic carbocycles. The Balaban J connectivity index is -0.000000845. The van der Waals surface area contributed by atoms with Gasteiger partial charge in [0.1, 0.15) is 0 Å². The van der Waals surface area contributed by atoms with E-state index in [4.69, 9.17) is 9.05 Å². The van der Waals surface area contributed by atoms with Crippen LogP contribution in [0.5, 0.6) is 0 Å². The molecule has 1 N–H and O–H groups in total. The molecular weight excluding hydrogens is 637 g/mol. The predicted molar refractivity (Wildman–Crippen MR) is 217 cm³/mol. The van der Waals surface area contributed by atoms with E-state index in [9.17, 15) is 9.46 Å². The Bertz CT molecular complexity index is 600. The summed E-state index contributed by atoms with van der Waals surface area (Å²) in [4.78, 5) is 9.52. The summed E-state index contributed by atoms with van der Waals surface area (Å²) in [6, 6.07) is 0. The summed E-state index contributed by atoms with van der Waals surface area (Å²) < 4.78 is 22.9. The van der Waals surface area contributed by atoms with Crippen molar-refractivity contribution in [1.29, 1.82) is 0 Å². The van der Waals surface area contributed by atoms with E-state index in [1.165, 1.54) is 153 Å². The van der Waals surface area contributed by atoms with Gasteiger partial charge in [0, 0.05) is 0 Å². The molecule has 294 valence electrons. The zero-order valence-corrected chi connectivity index (χ0v) is 35.8. The van der Waals surface area contributed by atoms with Gasteiger partial charge in [-0.3, -0.25) is 9.05 Å². The summed E-state index contributed by atoms with van der Waals surface area (Å²) in [5, 5.41) is 0. The first-order valence-corrected chi connectivity index (χ1v) is 22.5. The van der Waals surface area contributed by atoms with Crippen molar-refractivity contribution in [3.63, 3.8) is 0 Å². The van der Waals surface area contributed by atoms with Gasteiger partial charge in [-0.25, -0.2) is 4.57 Å². The van der Waals surface area contributed by atoms with E-state index in [2.05, 4.69) is 55.5 Å². The Labute approximate surface area is 309 Å². The quantitative estimate of drug-likeness (QED) is 0.0401. The largest absolute Gasteiger partial charge is 0.472 e. The van der Waals surface area contributed by atoms with Gasteiger partial charge in [0.2, 0.25) is 0 Å². The first kappa shape index (κ1) is 52.7. The summed E-state index contributed by atoms with van der Waals surface area (Å²) in [5.41, 5.74) is 0. The molecule has 0 aliphatic rings. The maximum Gasteiger partial charge on any atom is 0.472 e. The lowest BCUT2D eigenvalue weighted by atomic mass is 10.1. The van der Waals surface area contributed by atoms with Crippen LogP contribution in [0.25, 0.3) is 0 Å². The van der Waals surface area contributed by atoms with Crippen LogP contribution >= 0.6 is 20.2 Å². The lowest BCUT2D eigenvalue weighted by Crippen LogP contribution is -2.46. The first-order chi connectivity index (χ1) is 22.5. The van der Waals surface area contributed by atoms with Crippen molar-refractivity contribution in [3.05, 3.63) is 0 Å². The highest BCUT2D eigenvalue weighted by Gasteiger charge is 2.21. The molecule has 0 unspecified atom stereocenters. The molecule has 0 fully saturated rings. The van der Waals surface area contributed by atoms with E-state index in [0.29, 0.717) is 25.0 Å². The van der Waals surface area contributed by atoms with E-state index in [1.54, 1.807) is 0 Å². The maximum absolute atomic E-state index is 11.6. The van der Waals surface area contributed by atoms with Crippen molar-refractivity contribution < 1.29 is 23.0 Å². The molecule has 0 radical (unpaired) electrons. The highest BCUT2D eigenvalue weighted by molar-refractivity contribution is 7.47. The van der Waals surface area contributed by atoms with Gasteiger partial charge in [0.25, 0.3) is 0 Å². The molecule has 0 heterocycles. The lowest BCUT2D eigenvalue weighted by molar-refractivity contribution is -0.910. The van der Waals surface area contributed by atoms with Gasteiger partial charge in [0.05, 0.1) is 39.9 Å². The molecule has 0 rings (SSSR count). The molecule has 48 heavy (non-hydrogen) atoms. The molecule has 0 aromatic carbocycles. The number of phosphoric ester groups is 1. The Kier molecular flexibility index (Phi) is 42.4. The number of unbranched alkanes of at least 4 members (excludes halogenated alkanes) is 19. The van der Waals surface area contributed by atoms with Crippen molar-refractivity contribution in [2.45, 2.75) is 215 Å². The van der Waals surface area contributed by atoms with Crippen LogP contribution in [0.2, 0.25) is 0 Å². The van der Waals surface area contributed by atoms with Crippen LogP contribution in [-0.4, -0.2) is 49.3 Å². The van der Waals surface area contributed by atoms with Crippen LogP contribution in [0.15, 0.2) is 0 Å². The van der Waals surface area contributed by atoms with Gasteiger partial charge in [-0.05, 0) is 63.2 Å². The second-order valence-electron chi connectivity index (χ2n) is 15.7. The average molecular weight is 728 g/mol. The summed E-state index contributed by atoms with van der Waals surface area (Å²) in [6.45, 7) is 20.6. The molecule has 0 aromatic heterocycles. The molecular formula is C41H90ClNO4P+. The molecule has 0 aromatic rings. The van der Waals surface area contributed by atoms with Crippen molar-refractivity contribution in [2.75, 3.05) is 39.9 Å². The molecule has 7 heteroatoms. The standard InChI is InChI=1S/C25H54N.C16H35O4P.ClH/c1-5-8-11-14-17-20-23-26(4,24-21-18-15-12-9-6-2)25-22-19-16-13-10-7-3;1-15(2)11-7-5-9-13-19-21(17,18)20-14-10-6-8-12-16(3)4;/h5-25H2,1-4H3;15-16H,5-14H2,1-4H3,(H,17,18);1H/q+1;;. The van der Waals surface area contributed by atoms with Gasteiger partial charge in [-0.2, -0.15) is 0 Å². The third kappa shape index (κ3) is 42.5. The topological polar surface area (TPSA) is 55.8 Å². The lowest BCUT2D eigenvalue weighted by Gasteiger charge is -2.35. The Morgan fingerprint density at radius 2 is 0.750 bits per heavy atom. The molecule has 0 bridgehead atoms. The van der Waals surface area contributed by atoms with E-state index >= 15 is 0 Å². The smallest absolute Gasteiger partial charge is 0.326 e. The Morgan fingerprint density at radius 3 is 1.04 bits per heavy atom. The zero-order chi connectivity index (χ0) is 35.5. The number of quaternary nitrogens is 1. The number of rotatable bonds is 35. The van der Waals surface area contributed by atoms with Crippen molar-refractivity contribution in [1.82, 2.24) is 0 Å². The highest BCUT2D eigenvalue weighted by Crippen LogP contribution is 2.43. The average Bonchev–Trinajstić information content (AvgIpc) is 3.02. The second kappa shape index (κ2) is 38.6. The molecule has 0 spiro atoms. The van der Waals surface area contributed by atoms with Crippen LogP contribution in [0.4, 0.5) is 0 Å². The van der Waals surface area contributed by atoms with Crippen LogP contribution in [-0.2, 0) is 13.6 Å². The van der Waals surface area contributed by atoms with Gasteiger partial charge < -0.3 is 9.38 Å². The van der Waals surface area contributed by atoms with Gasteiger partial charge in [0.15, 0.2) is 0 Å². The number of halogens is 1. The van der Waals surface area contributed by atoms with Crippen LogP contribution in [0, 0.1) is 11.8 Å². The number of phosphoric acid groups is 1. The summed E-state index contributed by atoms with van der Waals surface area (Å²) in [5.74, 6) is 1.43. The van der Waals surface area contributed by atoms with Gasteiger partial charge in [-0.15, -0.1) is 12.4 Å². The molecule has 0 atom stereocenters. The first-order valence-electron chi connectivity index (χ1n) is 21.0. The minimum Gasteiger partial charge on any atom is -0.326 e. The van der Waals surface area contributed by atoms with Crippen molar-refractivity contribution >= 4 is 20.2 Å². The Morgan fingerprint density at radius 1 is 0.479 bits per heavy atom. The van der Waals surface area contributed by atoms with E-state index in [-0.39, 0.29) is 12.4 Å². The van der Waals surface area contributed by atoms with E-state index in [0.717, 1.165) is 38.5 Å². The summed E-state index contributed by atoms with van der Waals surface area (Å²) in [7, 11) is -1.27. The minimum absolute atomic E-state index is 0. The predicted octanol–water partition coefficient (Wildman–Crippen LogP) is 14.5. The summed E-state index contributed by atoms with van der Waals surface area (Å²) >= 11 is 0. The molecule has 5 nitrogen and oxygen atoms in total. The minimum atomic E-state index is -3.83. The molecule has 0 amide bonds. The number of hydrogen-bond acceptors (Lipinski definition) is 3. The van der Waals surface area contributed by atoms with Gasteiger partial charge in [-0.1, -0.05) is 164 Å². The third-order valence-corrected chi connectivity index (χ3v) is 10.5. The third-order valence-electron chi connectivity index (χ3n) is 9.51. The van der Waals surface area contributed by atoms with Crippen LogP contribution in [0.3, 0.4) is 0 Å². The van der Waals surface area contributed by atoms with Crippen LogP contribution < -0.4 is 0 Å². The van der Waals surface area contributed by atoms with Crippen LogP contribution in [0.1, 0.15) is 215 Å². The van der Waals surface area contributed by atoms with Crippen molar-refractivity contribution in [2.24, 2.45) is 11.8 Å². The summed E-state index contributed by atoms with van der Waals surface area (Å²) in [6.07, 6.45) is 34.2. The highest BCUT2D eigenvalue weighted by atomic mass is 35.5. The molecule has 0 aliphatic heterocycles. The fraction of sp³-hybridized carbons (Fsp3) is 1.00. The van der Waals surface area contributed by atoms with Crippen molar-refractivity contribution in [3.8, 4) is 0 Å². The normalized spacial score (nSPS) is 12.0. The SMILES string of the molecule is CC(C)CCCCCOP(=O)(O)OCCCCCC(C)C.CCCCCCCC[N+](C)(CCCCCCCC)CCCCCCCC.Cl. The monoisotopic (exact) mass is 727 g/mol. The molecule has 0 saturated heterocycles. The zero-order valence-electron chi connectivity index (χ0n) is 34.0. The second-order valence-corrected chi connectivity index (χ2v) is 17.2. The van der Waals surface area contributed by atoms with Gasteiger partial charge >= 0.3 is 7.82 Å². The number of hydrogen-bond donors (Lipinski definition) is 1. The van der Waals surface area contributed by atoms with E-state index in [1.807, 2.05) is 0 Å².